The Morgan fingerprint density at radius 3 is 2.71 bits per heavy atom. The third-order valence-electron chi connectivity index (χ3n) is 4.10. The Balaban J connectivity index is 0.00000288. The van der Waals surface area contributed by atoms with Gasteiger partial charge in [0.25, 0.3) is 5.69 Å². The van der Waals surface area contributed by atoms with Crippen molar-refractivity contribution in [3.8, 4) is 0 Å². The largest absolute Gasteiger partial charge is 0.319 e. The van der Waals surface area contributed by atoms with Gasteiger partial charge in [-0.05, 0) is 45.3 Å². The normalized spacial score (nSPS) is 18.9. The van der Waals surface area contributed by atoms with Crippen LogP contribution in [0.2, 0.25) is 5.02 Å². The molecule has 1 atom stereocenters. The van der Waals surface area contributed by atoms with Gasteiger partial charge in [0.2, 0.25) is 10.0 Å². The Kier molecular flexibility index (Phi) is 7.43. The van der Waals surface area contributed by atoms with Crippen LogP contribution in [0.15, 0.2) is 17.0 Å². The zero-order valence-electron chi connectivity index (χ0n) is 13.5. The van der Waals surface area contributed by atoms with Crippen LogP contribution in [0.3, 0.4) is 0 Å². The minimum absolute atomic E-state index is 0. The maximum absolute atomic E-state index is 12.8. The van der Waals surface area contributed by atoms with Crippen LogP contribution < -0.4 is 5.32 Å². The molecule has 7 nitrogen and oxygen atoms in total. The van der Waals surface area contributed by atoms with Gasteiger partial charge in [0, 0.05) is 24.7 Å². The van der Waals surface area contributed by atoms with Crippen LogP contribution in [0.25, 0.3) is 0 Å². The van der Waals surface area contributed by atoms with Gasteiger partial charge in [-0.25, -0.2) is 8.42 Å². The molecule has 0 spiro atoms. The first-order valence-electron chi connectivity index (χ1n) is 7.36. The Bertz CT molecular complexity index is 710. The van der Waals surface area contributed by atoms with E-state index in [0.717, 1.165) is 25.5 Å². The third kappa shape index (κ3) is 4.37. The second kappa shape index (κ2) is 8.44. The summed E-state index contributed by atoms with van der Waals surface area (Å²) in [5.74, 6) is 0.236. The van der Waals surface area contributed by atoms with Crippen LogP contribution in [0, 0.1) is 23.0 Å². The van der Waals surface area contributed by atoms with E-state index in [2.05, 4.69) is 5.32 Å². The molecule has 0 aliphatic carbocycles. The van der Waals surface area contributed by atoms with E-state index >= 15 is 0 Å². The average molecular weight is 398 g/mol. The number of hydrogen-bond donors (Lipinski definition) is 1. The van der Waals surface area contributed by atoms with Crippen LogP contribution in [0.5, 0.6) is 0 Å². The number of halogens is 2. The molecule has 1 heterocycles. The highest BCUT2D eigenvalue weighted by molar-refractivity contribution is 7.89. The first-order valence-corrected chi connectivity index (χ1v) is 9.18. The number of benzene rings is 1. The van der Waals surface area contributed by atoms with Gasteiger partial charge in [0.1, 0.15) is 0 Å². The van der Waals surface area contributed by atoms with Crippen LogP contribution in [0.1, 0.15) is 18.4 Å². The monoisotopic (exact) mass is 397 g/mol. The Morgan fingerprint density at radius 2 is 2.12 bits per heavy atom. The molecule has 1 aromatic rings. The van der Waals surface area contributed by atoms with Gasteiger partial charge in [-0.1, -0.05) is 11.6 Å². The molecule has 136 valence electrons. The SMILES string of the molecule is CNCC1CCCN(S(=O)(=O)c2cc(Cl)c(C)c([N+](=O)[O-])c2)C1.Cl. The van der Waals surface area contributed by atoms with E-state index in [-0.39, 0.29) is 39.5 Å². The molecule has 1 aromatic carbocycles. The topological polar surface area (TPSA) is 92.6 Å². The summed E-state index contributed by atoms with van der Waals surface area (Å²) in [5, 5.41) is 14.2. The second-order valence-electron chi connectivity index (χ2n) is 5.74. The van der Waals surface area contributed by atoms with Crippen molar-refractivity contribution in [2.24, 2.45) is 5.92 Å². The molecule has 0 radical (unpaired) electrons. The van der Waals surface area contributed by atoms with E-state index in [1.54, 1.807) is 0 Å². The lowest BCUT2D eigenvalue weighted by Crippen LogP contribution is -2.42. The number of nitro benzene ring substituents is 1. The standard InChI is InChI=1S/C14H20ClN3O4S.ClH/c1-10-13(15)6-12(7-14(10)18(19)20)23(21,22)17-5-3-4-11(9-17)8-16-2;/h6-7,11,16H,3-5,8-9H2,1-2H3;1H. The number of rotatable bonds is 5. The molecule has 24 heavy (non-hydrogen) atoms. The summed E-state index contributed by atoms with van der Waals surface area (Å²) in [7, 11) is -1.96. The number of hydrogen-bond acceptors (Lipinski definition) is 5. The maximum atomic E-state index is 12.8. The van der Waals surface area contributed by atoms with Crippen molar-refractivity contribution in [3.05, 3.63) is 32.8 Å². The summed E-state index contributed by atoms with van der Waals surface area (Å²) in [5.41, 5.74) is -0.0119. The molecular weight excluding hydrogens is 377 g/mol. The molecule has 1 aliphatic rings. The Morgan fingerprint density at radius 1 is 1.46 bits per heavy atom. The third-order valence-corrected chi connectivity index (χ3v) is 6.33. The van der Waals surface area contributed by atoms with E-state index in [4.69, 9.17) is 11.6 Å². The van der Waals surface area contributed by atoms with Crippen molar-refractivity contribution < 1.29 is 13.3 Å². The minimum Gasteiger partial charge on any atom is -0.319 e. The number of nitrogens with one attached hydrogen (secondary N) is 1. The summed E-state index contributed by atoms with van der Waals surface area (Å²) >= 11 is 5.99. The van der Waals surface area contributed by atoms with Crippen molar-refractivity contribution in [2.45, 2.75) is 24.7 Å². The van der Waals surface area contributed by atoms with Gasteiger partial charge < -0.3 is 5.32 Å². The minimum atomic E-state index is -3.79. The maximum Gasteiger partial charge on any atom is 0.275 e. The second-order valence-corrected chi connectivity index (χ2v) is 8.08. The fourth-order valence-corrected chi connectivity index (χ4v) is 4.71. The molecule has 1 N–H and O–H groups in total. The molecule has 1 saturated heterocycles. The summed E-state index contributed by atoms with van der Waals surface area (Å²) < 4.78 is 27.0. The van der Waals surface area contributed by atoms with Crippen LogP contribution in [0.4, 0.5) is 5.69 Å². The molecule has 1 fully saturated rings. The lowest BCUT2D eigenvalue weighted by molar-refractivity contribution is -0.385. The fraction of sp³-hybridized carbons (Fsp3) is 0.571. The first kappa shape index (κ1) is 21.1. The number of nitrogens with zero attached hydrogens (tertiary/aromatic N) is 2. The highest BCUT2D eigenvalue weighted by Gasteiger charge is 2.32. The fourth-order valence-electron chi connectivity index (χ4n) is 2.83. The zero-order valence-corrected chi connectivity index (χ0v) is 15.9. The van der Waals surface area contributed by atoms with E-state index in [9.17, 15) is 18.5 Å². The summed E-state index contributed by atoms with van der Waals surface area (Å²) in [6, 6.07) is 2.39. The predicted octanol–water partition coefficient (Wildman–Crippen LogP) is 2.60. The molecule has 0 saturated carbocycles. The molecule has 1 unspecified atom stereocenters. The van der Waals surface area contributed by atoms with Gasteiger partial charge >= 0.3 is 0 Å². The summed E-state index contributed by atoms with van der Waals surface area (Å²) in [4.78, 5) is 10.4. The predicted molar refractivity (Wildman–Crippen MR) is 95.5 cm³/mol. The van der Waals surface area contributed by atoms with Gasteiger partial charge in [0.05, 0.1) is 14.8 Å². The smallest absolute Gasteiger partial charge is 0.275 e. The van der Waals surface area contributed by atoms with Gasteiger partial charge in [-0.15, -0.1) is 12.4 Å². The molecule has 0 bridgehead atoms. The van der Waals surface area contributed by atoms with E-state index in [0.29, 0.717) is 13.1 Å². The highest BCUT2D eigenvalue weighted by atomic mass is 35.5. The van der Waals surface area contributed by atoms with Crippen molar-refractivity contribution in [2.75, 3.05) is 26.7 Å². The number of nitro groups is 1. The van der Waals surface area contributed by atoms with Crippen LogP contribution in [-0.2, 0) is 10.0 Å². The van der Waals surface area contributed by atoms with Gasteiger partial charge in [-0.3, -0.25) is 10.1 Å². The van der Waals surface area contributed by atoms with Crippen molar-refractivity contribution in [1.29, 1.82) is 0 Å². The van der Waals surface area contributed by atoms with Crippen molar-refractivity contribution >= 4 is 39.7 Å². The van der Waals surface area contributed by atoms with Gasteiger partial charge in [-0.2, -0.15) is 4.31 Å². The van der Waals surface area contributed by atoms with Crippen LogP contribution >= 0.6 is 24.0 Å². The number of sulfonamides is 1. The highest BCUT2D eigenvalue weighted by Crippen LogP contribution is 2.32. The molecule has 10 heteroatoms. The van der Waals surface area contributed by atoms with E-state index < -0.39 is 14.9 Å². The van der Waals surface area contributed by atoms with E-state index in [1.165, 1.54) is 17.3 Å². The summed E-state index contributed by atoms with van der Waals surface area (Å²) in [6.45, 7) is 3.06. The Hall–Kier alpha value is -0.930. The zero-order chi connectivity index (χ0) is 17.2. The first-order chi connectivity index (χ1) is 10.8. The van der Waals surface area contributed by atoms with Crippen LogP contribution in [-0.4, -0.2) is 44.3 Å². The average Bonchev–Trinajstić information content (AvgIpc) is 2.50. The quantitative estimate of drug-likeness (QED) is 0.608. The molecular formula is C14H21Cl2N3O4S. The lowest BCUT2D eigenvalue weighted by atomic mass is 10.00. The molecule has 1 aliphatic heterocycles. The van der Waals surface area contributed by atoms with Gasteiger partial charge in [0.15, 0.2) is 0 Å². The Labute approximate surface area is 153 Å². The summed E-state index contributed by atoms with van der Waals surface area (Å²) in [6.07, 6.45) is 1.73. The van der Waals surface area contributed by atoms with Crippen molar-refractivity contribution in [1.82, 2.24) is 9.62 Å². The number of piperidine rings is 1. The van der Waals surface area contributed by atoms with Crippen molar-refractivity contribution in [3.63, 3.8) is 0 Å². The van der Waals surface area contributed by atoms with E-state index in [1.807, 2.05) is 7.05 Å². The molecule has 2 rings (SSSR count). The lowest BCUT2D eigenvalue weighted by Gasteiger charge is -2.31. The molecule has 0 amide bonds. The molecule has 0 aromatic heterocycles.